The van der Waals surface area contributed by atoms with Gasteiger partial charge in [0.2, 0.25) is 0 Å². The molecule has 2 amide bonds. The van der Waals surface area contributed by atoms with Gasteiger partial charge in [0, 0.05) is 5.70 Å². The lowest BCUT2D eigenvalue weighted by Gasteiger charge is -2.28. The molecule has 0 spiro atoms. The number of hydrogen-bond acceptors (Lipinski definition) is 6. The zero-order valence-electron chi connectivity index (χ0n) is 15.2. The molecule has 144 valence electrons. The van der Waals surface area contributed by atoms with E-state index in [9.17, 15) is 9.59 Å². The lowest BCUT2D eigenvalue weighted by Crippen LogP contribution is -2.45. The van der Waals surface area contributed by atoms with E-state index in [1.54, 1.807) is 26.0 Å². The maximum Gasteiger partial charge on any atom is 0.338 e. The van der Waals surface area contributed by atoms with Crippen LogP contribution in [0.15, 0.2) is 23.4 Å². The lowest BCUT2D eigenvalue weighted by atomic mass is 9.95. The molecular formula is C18H20IN3O5. The SMILES string of the molecule is CCOC(=O)C1=C(C)NC(=O)N[C@@H]1c1cc(I)c(OCC#N)c(OCC)c1. The van der Waals surface area contributed by atoms with Crippen LogP contribution in [0, 0.1) is 14.9 Å². The van der Waals surface area contributed by atoms with Crippen molar-refractivity contribution in [2.24, 2.45) is 0 Å². The standard InChI is InChI=1S/C18H20IN3O5/c1-4-25-13-9-11(8-12(19)16(13)27-7-6-20)15-14(17(23)26-5-2)10(3)21-18(24)22-15/h8-9,15H,4-5,7H2,1-3H3,(H2,21,22,24)/t15-/m1/s1. The Hall–Kier alpha value is -2.48. The Balaban J connectivity index is 2.53. The summed E-state index contributed by atoms with van der Waals surface area (Å²) in [6, 6.07) is 4.28. The van der Waals surface area contributed by atoms with Gasteiger partial charge in [0.1, 0.15) is 6.07 Å². The van der Waals surface area contributed by atoms with E-state index in [0.717, 1.165) is 0 Å². The fraction of sp³-hybridized carbons (Fsp3) is 0.389. The maximum absolute atomic E-state index is 12.4. The summed E-state index contributed by atoms with van der Waals surface area (Å²) in [6.45, 7) is 5.69. The second kappa shape index (κ2) is 9.45. The van der Waals surface area contributed by atoms with Gasteiger partial charge in [0.05, 0.1) is 28.4 Å². The molecule has 0 fully saturated rings. The Morgan fingerprint density at radius 3 is 2.67 bits per heavy atom. The summed E-state index contributed by atoms with van der Waals surface area (Å²) in [5.41, 5.74) is 1.39. The monoisotopic (exact) mass is 485 g/mol. The zero-order chi connectivity index (χ0) is 20.0. The van der Waals surface area contributed by atoms with Crippen LogP contribution < -0.4 is 20.1 Å². The van der Waals surface area contributed by atoms with Crippen LogP contribution in [0.4, 0.5) is 4.79 Å². The highest BCUT2D eigenvalue weighted by molar-refractivity contribution is 14.1. The quantitative estimate of drug-likeness (QED) is 0.454. The van der Waals surface area contributed by atoms with Crippen LogP contribution in [-0.4, -0.2) is 31.8 Å². The molecule has 0 aliphatic carbocycles. The van der Waals surface area contributed by atoms with E-state index in [4.69, 9.17) is 19.5 Å². The van der Waals surface area contributed by atoms with Crippen LogP contribution >= 0.6 is 22.6 Å². The second-order valence-electron chi connectivity index (χ2n) is 5.50. The molecule has 8 nitrogen and oxygen atoms in total. The van der Waals surface area contributed by atoms with Crippen molar-refractivity contribution in [1.82, 2.24) is 10.6 Å². The summed E-state index contributed by atoms with van der Waals surface area (Å²) < 4.78 is 16.9. The molecule has 1 atom stereocenters. The molecule has 0 saturated carbocycles. The van der Waals surface area contributed by atoms with Crippen LogP contribution in [0.2, 0.25) is 0 Å². The molecule has 0 saturated heterocycles. The Kier molecular flexibility index (Phi) is 7.29. The van der Waals surface area contributed by atoms with Crippen molar-refractivity contribution in [2.45, 2.75) is 26.8 Å². The van der Waals surface area contributed by atoms with Gasteiger partial charge >= 0.3 is 12.0 Å². The van der Waals surface area contributed by atoms with Gasteiger partial charge in [-0.05, 0) is 61.1 Å². The number of nitriles is 1. The molecule has 0 unspecified atom stereocenters. The van der Waals surface area contributed by atoms with Crippen LogP contribution in [0.3, 0.4) is 0 Å². The molecule has 0 aromatic heterocycles. The molecule has 1 heterocycles. The number of hydrogen-bond donors (Lipinski definition) is 2. The smallest absolute Gasteiger partial charge is 0.338 e. The molecule has 1 aliphatic heterocycles. The third-order valence-electron chi connectivity index (χ3n) is 3.71. The average molecular weight is 485 g/mol. The largest absolute Gasteiger partial charge is 0.490 e. The van der Waals surface area contributed by atoms with Gasteiger partial charge in [-0.2, -0.15) is 5.26 Å². The zero-order valence-corrected chi connectivity index (χ0v) is 17.4. The van der Waals surface area contributed by atoms with E-state index >= 15 is 0 Å². The summed E-state index contributed by atoms with van der Waals surface area (Å²) >= 11 is 2.06. The van der Waals surface area contributed by atoms with E-state index in [1.807, 2.05) is 13.0 Å². The number of amides is 2. The number of nitrogens with one attached hydrogen (secondary N) is 2. The predicted molar refractivity (Wildman–Crippen MR) is 105 cm³/mol. The topological polar surface area (TPSA) is 110 Å². The maximum atomic E-state index is 12.4. The molecule has 1 aromatic rings. The second-order valence-corrected chi connectivity index (χ2v) is 6.66. The lowest BCUT2D eigenvalue weighted by molar-refractivity contribution is -0.139. The average Bonchev–Trinajstić information content (AvgIpc) is 2.60. The van der Waals surface area contributed by atoms with Crippen molar-refractivity contribution in [3.8, 4) is 17.6 Å². The van der Waals surface area contributed by atoms with Crippen LogP contribution in [0.1, 0.15) is 32.4 Å². The van der Waals surface area contributed by atoms with Gasteiger partial charge in [-0.1, -0.05) is 0 Å². The predicted octanol–water partition coefficient (Wildman–Crippen LogP) is 2.78. The molecular weight excluding hydrogens is 465 g/mol. The van der Waals surface area contributed by atoms with Gasteiger partial charge in [-0.3, -0.25) is 0 Å². The number of carbonyl (C=O) groups excluding carboxylic acids is 2. The van der Waals surface area contributed by atoms with Gasteiger partial charge in [-0.25, -0.2) is 9.59 Å². The van der Waals surface area contributed by atoms with E-state index in [-0.39, 0.29) is 13.2 Å². The number of esters is 1. The van der Waals surface area contributed by atoms with E-state index < -0.39 is 18.0 Å². The van der Waals surface area contributed by atoms with Gasteiger partial charge in [-0.15, -0.1) is 0 Å². The van der Waals surface area contributed by atoms with Crippen LogP contribution in [0.5, 0.6) is 11.5 Å². The fourth-order valence-corrected chi connectivity index (χ4v) is 3.47. The summed E-state index contributed by atoms with van der Waals surface area (Å²) in [7, 11) is 0. The molecule has 0 bridgehead atoms. The first-order valence-electron chi connectivity index (χ1n) is 8.34. The Morgan fingerprint density at radius 2 is 2.04 bits per heavy atom. The first-order chi connectivity index (χ1) is 12.9. The van der Waals surface area contributed by atoms with Crippen molar-refractivity contribution >= 4 is 34.6 Å². The van der Waals surface area contributed by atoms with Crippen molar-refractivity contribution in [2.75, 3.05) is 19.8 Å². The number of halogens is 1. The summed E-state index contributed by atoms with van der Waals surface area (Å²) in [5.74, 6) is 0.370. The number of ether oxygens (including phenoxy) is 3. The summed E-state index contributed by atoms with van der Waals surface area (Å²) in [6.07, 6.45) is 0. The van der Waals surface area contributed by atoms with Gasteiger partial charge < -0.3 is 24.8 Å². The number of carbonyl (C=O) groups is 2. The minimum absolute atomic E-state index is 0.118. The molecule has 27 heavy (non-hydrogen) atoms. The molecule has 1 aromatic carbocycles. The first-order valence-corrected chi connectivity index (χ1v) is 9.42. The number of urea groups is 1. The van der Waals surface area contributed by atoms with Crippen LogP contribution in [0.25, 0.3) is 0 Å². The number of benzene rings is 1. The molecule has 0 radical (unpaired) electrons. The molecule has 2 rings (SSSR count). The number of nitrogens with zero attached hydrogens (tertiary/aromatic N) is 1. The molecule has 9 heteroatoms. The van der Waals surface area contributed by atoms with E-state index in [2.05, 4.69) is 33.2 Å². The van der Waals surface area contributed by atoms with E-state index in [0.29, 0.717) is 38.5 Å². The Morgan fingerprint density at radius 1 is 1.30 bits per heavy atom. The minimum atomic E-state index is -0.699. The highest BCUT2D eigenvalue weighted by Crippen LogP contribution is 2.38. The van der Waals surface area contributed by atoms with Crippen molar-refractivity contribution in [3.05, 3.63) is 32.5 Å². The molecule has 1 aliphatic rings. The van der Waals surface area contributed by atoms with Gasteiger partial charge in [0.25, 0.3) is 0 Å². The van der Waals surface area contributed by atoms with Crippen molar-refractivity contribution in [3.63, 3.8) is 0 Å². The van der Waals surface area contributed by atoms with E-state index in [1.165, 1.54) is 0 Å². The number of rotatable bonds is 7. The summed E-state index contributed by atoms with van der Waals surface area (Å²) in [4.78, 5) is 24.4. The highest BCUT2D eigenvalue weighted by Gasteiger charge is 2.33. The third kappa shape index (κ3) is 4.82. The van der Waals surface area contributed by atoms with Crippen molar-refractivity contribution in [1.29, 1.82) is 5.26 Å². The Bertz CT molecular complexity index is 816. The van der Waals surface area contributed by atoms with Gasteiger partial charge in [0.15, 0.2) is 18.1 Å². The highest BCUT2D eigenvalue weighted by atomic mass is 127. The number of allylic oxidation sites excluding steroid dienone is 1. The van der Waals surface area contributed by atoms with Crippen molar-refractivity contribution < 1.29 is 23.8 Å². The minimum Gasteiger partial charge on any atom is -0.490 e. The normalized spacial score (nSPS) is 16.1. The third-order valence-corrected chi connectivity index (χ3v) is 4.51. The Labute approximate surface area is 171 Å². The molecule has 2 N–H and O–H groups in total. The fourth-order valence-electron chi connectivity index (χ4n) is 2.69. The summed E-state index contributed by atoms with van der Waals surface area (Å²) in [5, 5.41) is 14.1. The first kappa shape index (κ1) is 20.8. The van der Waals surface area contributed by atoms with Crippen LogP contribution in [-0.2, 0) is 9.53 Å².